The van der Waals surface area contributed by atoms with Gasteiger partial charge in [0, 0.05) is 24.8 Å². The highest BCUT2D eigenvalue weighted by molar-refractivity contribution is 8.13. The van der Waals surface area contributed by atoms with Crippen LogP contribution in [0.1, 0.15) is 19.4 Å². The lowest BCUT2D eigenvalue weighted by atomic mass is 10.2. The number of nitrogens with zero attached hydrogens (tertiary/aromatic N) is 1. The fraction of sp³-hybridized carbons (Fsp3) is 0.263. The largest absolute Gasteiger partial charge is 0.415 e. The van der Waals surface area contributed by atoms with Crippen molar-refractivity contribution in [3.05, 3.63) is 60.2 Å². The van der Waals surface area contributed by atoms with Crippen molar-refractivity contribution >= 4 is 28.8 Å². The average Bonchev–Trinajstić information content (AvgIpc) is 2.61. The molecule has 0 saturated heterocycles. The Balaban J connectivity index is 1.99. The van der Waals surface area contributed by atoms with E-state index >= 15 is 0 Å². The van der Waals surface area contributed by atoms with Crippen LogP contribution in [-0.4, -0.2) is 28.5 Å². The summed E-state index contributed by atoms with van der Waals surface area (Å²) in [5.41, 5.74) is 1.64. The molecule has 0 aliphatic carbocycles. The first-order valence-electron chi connectivity index (χ1n) is 8.17. The molecule has 0 unspecified atom stereocenters. The predicted molar refractivity (Wildman–Crippen MR) is 102 cm³/mol. The molecule has 5 nitrogen and oxygen atoms in total. The van der Waals surface area contributed by atoms with Gasteiger partial charge in [-0.25, -0.2) is 4.79 Å². The number of amides is 2. The lowest BCUT2D eigenvalue weighted by Crippen LogP contribution is -2.32. The van der Waals surface area contributed by atoms with Gasteiger partial charge in [0.2, 0.25) is 0 Å². The summed E-state index contributed by atoms with van der Waals surface area (Å²) in [6.07, 6.45) is -0.419. The van der Waals surface area contributed by atoms with Gasteiger partial charge in [0.25, 0.3) is 5.24 Å². The van der Waals surface area contributed by atoms with Crippen LogP contribution >= 0.6 is 11.8 Å². The van der Waals surface area contributed by atoms with Crippen LogP contribution in [0.2, 0.25) is 0 Å². The zero-order valence-corrected chi connectivity index (χ0v) is 15.2. The molecule has 2 amide bonds. The van der Waals surface area contributed by atoms with Crippen molar-refractivity contribution in [3.8, 4) is 5.75 Å². The van der Waals surface area contributed by atoms with Crippen LogP contribution in [0.15, 0.2) is 54.6 Å². The Kier molecular flexibility index (Phi) is 7.35. The second-order valence-corrected chi connectivity index (χ2v) is 6.48. The van der Waals surface area contributed by atoms with Crippen molar-refractivity contribution in [3.63, 3.8) is 0 Å². The van der Waals surface area contributed by atoms with Gasteiger partial charge in [0.05, 0.1) is 0 Å². The fourth-order valence-corrected chi connectivity index (χ4v) is 2.65. The quantitative estimate of drug-likeness (QED) is 0.790. The zero-order chi connectivity index (χ0) is 18.1. The number of hydrogen-bond acceptors (Lipinski definition) is 4. The van der Waals surface area contributed by atoms with Gasteiger partial charge < -0.3 is 15.0 Å². The number of thioether (sulfide) groups is 1. The predicted octanol–water partition coefficient (Wildman–Crippen LogP) is 4.99. The highest BCUT2D eigenvalue weighted by Crippen LogP contribution is 2.20. The molecule has 0 aliphatic heterocycles. The van der Waals surface area contributed by atoms with Gasteiger partial charge in [-0.3, -0.25) is 4.79 Å². The molecule has 0 aliphatic rings. The minimum absolute atomic E-state index is 0.134. The molecule has 0 heterocycles. The molecule has 0 aromatic heterocycles. The maximum atomic E-state index is 12.4. The first-order valence-corrected chi connectivity index (χ1v) is 9.15. The molecule has 6 heteroatoms. The SMILES string of the molecule is CCSC(=O)Nc1cccc(OC(=O)N(CC)Cc2ccccc2)c1. The second-order valence-electron chi connectivity index (χ2n) is 5.24. The Morgan fingerprint density at radius 2 is 1.84 bits per heavy atom. The van der Waals surface area contributed by atoms with Crippen LogP contribution in [0, 0.1) is 0 Å². The standard InChI is InChI=1S/C19H22N2O3S/c1-3-21(14-15-9-6-5-7-10-15)19(23)24-17-12-8-11-16(13-17)20-18(22)25-4-2/h5-13H,3-4,14H2,1-2H3,(H,20,22). The number of ether oxygens (including phenoxy) is 1. The molecule has 132 valence electrons. The smallest absolute Gasteiger partial charge is 0.410 e. The highest BCUT2D eigenvalue weighted by atomic mass is 32.2. The molecule has 0 fully saturated rings. The highest BCUT2D eigenvalue weighted by Gasteiger charge is 2.15. The molecule has 0 spiro atoms. The monoisotopic (exact) mass is 358 g/mol. The Morgan fingerprint density at radius 1 is 1.08 bits per heavy atom. The van der Waals surface area contributed by atoms with Crippen LogP contribution in [0.25, 0.3) is 0 Å². The molecular weight excluding hydrogens is 336 g/mol. The molecule has 2 rings (SSSR count). The van der Waals surface area contributed by atoms with Crippen LogP contribution in [0.4, 0.5) is 15.3 Å². The molecule has 1 N–H and O–H groups in total. The lowest BCUT2D eigenvalue weighted by molar-refractivity contribution is 0.152. The summed E-state index contributed by atoms with van der Waals surface area (Å²) < 4.78 is 5.45. The molecule has 0 atom stereocenters. The van der Waals surface area contributed by atoms with E-state index in [9.17, 15) is 9.59 Å². The van der Waals surface area contributed by atoms with Crippen molar-refractivity contribution in [2.75, 3.05) is 17.6 Å². The Bertz CT molecular complexity index is 707. The van der Waals surface area contributed by atoms with Crippen LogP contribution < -0.4 is 10.1 Å². The summed E-state index contributed by atoms with van der Waals surface area (Å²) in [6.45, 7) is 4.84. The van der Waals surface area contributed by atoms with Gasteiger partial charge in [-0.1, -0.05) is 55.1 Å². The van der Waals surface area contributed by atoms with Gasteiger partial charge in [-0.2, -0.15) is 0 Å². The summed E-state index contributed by atoms with van der Waals surface area (Å²) in [5, 5.41) is 2.62. The van der Waals surface area contributed by atoms with E-state index < -0.39 is 6.09 Å². The summed E-state index contributed by atoms with van der Waals surface area (Å²) in [4.78, 5) is 25.7. The Morgan fingerprint density at radius 3 is 2.52 bits per heavy atom. The van der Waals surface area contributed by atoms with Crippen LogP contribution in [-0.2, 0) is 6.54 Å². The average molecular weight is 358 g/mol. The number of benzene rings is 2. The van der Waals surface area contributed by atoms with E-state index in [0.29, 0.717) is 30.3 Å². The van der Waals surface area contributed by atoms with E-state index in [1.54, 1.807) is 29.2 Å². The van der Waals surface area contributed by atoms with E-state index in [4.69, 9.17) is 4.74 Å². The maximum Gasteiger partial charge on any atom is 0.415 e. The third-order valence-electron chi connectivity index (χ3n) is 3.42. The molecule has 2 aromatic rings. The van der Waals surface area contributed by atoms with Gasteiger partial charge in [0.15, 0.2) is 0 Å². The summed E-state index contributed by atoms with van der Waals surface area (Å²) in [7, 11) is 0. The zero-order valence-electron chi connectivity index (χ0n) is 14.4. The number of rotatable bonds is 6. The molecule has 2 aromatic carbocycles. The topological polar surface area (TPSA) is 58.6 Å². The maximum absolute atomic E-state index is 12.4. The molecule has 0 saturated carbocycles. The summed E-state index contributed by atoms with van der Waals surface area (Å²) >= 11 is 1.19. The fourth-order valence-electron chi connectivity index (χ4n) is 2.20. The lowest BCUT2D eigenvalue weighted by Gasteiger charge is -2.20. The van der Waals surface area contributed by atoms with E-state index in [2.05, 4.69) is 5.32 Å². The van der Waals surface area contributed by atoms with E-state index in [-0.39, 0.29) is 5.24 Å². The van der Waals surface area contributed by atoms with Gasteiger partial charge >= 0.3 is 6.09 Å². The third kappa shape index (κ3) is 6.15. The van der Waals surface area contributed by atoms with E-state index in [1.165, 1.54) is 11.8 Å². The minimum atomic E-state index is -0.419. The van der Waals surface area contributed by atoms with Gasteiger partial charge in [0.1, 0.15) is 5.75 Å². The Hall–Kier alpha value is -2.47. The number of nitrogens with one attached hydrogen (secondary N) is 1. The molecular formula is C19H22N2O3S. The van der Waals surface area contributed by atoms with E-state index in [0.717, 1.165) is 5.56 Å². The van der Waals surface area contributed by atoms with E-state index in [1.807, 2.05) is 44.2 Å². The van der Waals surface area contributed by atoms with Crippen LogP contribution in [0.3, 0.4) is 0 Å². The summed E-state index contributed by atoms with van der Waals surface area (Å²) in [6, 6.07) is 16.6. The van der Waals surface area contributed by atoms with Crippen molar-refractivity contribution in [2.45, 2.75) is 20.4 Å². The number of anilines is 1. The second kappa shape index (κ2) is 9.74. The van der Waals surface area contributed by atoms with Gasteiger partial charge in [-0.05, 0) is 30.4 Å². The van der Waals surface area contributed by atoms with Crippen molar-refractivity contribution in [2.24, 2.45) is 0 Å². The normalized spacial score (nSPS) is 10.2. The molecule has 0 radical (unpaired) electrons. The first kappa shape index (κ1) is 18.9. The molecule has 0 bridgehead atoms. The molecule has 25 heavy (non-hydrogen) atoms. The van der Waals surface area contributed by atoms with Gasteiger partial charge in [-0.15, -0.1) is 0 Å². The first-order chi connectivity index (χ1) is 12.1. The number of carbonyl (C=O) groups is 2. The van der Waals surface area contributed by atoms with Crippen molar-refractivity contribution in [1.82, 2.24) is 4.90 Å². The van der Waals surface area contributed by atoms with Crippen LogP contribution in [0.5, 0.6) is 5.75 Å². The Labute approximate surface area is 152 Å². The minimum Gasteiger partial charge on any atom is -0.410 e. The van der Waals surface area contributed by atoms with Crippen molar-refractivity contribution in [1.29, 1.82) is 0 Å². The summed E-state index contributed by atoms with van der Waals surface area (Å²) in [5.74, 6) is 1.10. The van der Waals surface area contributed by atoms with Crippen molar-refractivity contribution < 1.29 is 14.3 Å². The number of carbonyl (C=O) groups excluding carboxylic acids is 2. The number of hydrogen-bond donors (Lipinski definition) is 1. The third-order valence-corrected chi connectivity index (χ3v) is 4.07.